The molecule has 0 bridgehead atoms. The van der Waals surface area contributed by atoms with E-state index in [0.29, 0.717) is 4.90 Å². The molecule has 0 saturated heterocycles. The highest BCUT2D eigenvalue weighted by molar-refractivity contribution is 7.90. The van der Waals surface area contributed by atoms with Gasteiger partial charge in [-0.2, -0.15) is 0 Å². The maximum atomic E-state index is 12.7. The van der Waals surface area contributed by atoms with Crippen molar-refractivity contribution in [2.45, 2.75) is 30.8 Å². The molecule has 158 valence electrons. The Morgan fingerprint density at radius 2 is 1.60 bits per heavy atom. The highest BCUT2D eigenvalue weighted by Crippen LogP contribution is 2.24. The summed E-state index contributed by atoms with van der Waals surface area (Å²) < 4.78 is 23.3. The molecule has 0 unspecified atom stereocenters. The van der Waals surface area contributed by atoms with Gasteiger partial charge >= 0.3 is 0 Å². The van der Waals surface area contributed by atoms with Crippen LogP contribution in [0.3, 0.4) is 0 Å². The van der Waals surface area contributed by atoms with Crippen molar-refractivity contribution in [3.8, 4) is 0 Å². The van der Waals surface area contributed by atoms with Gasteiger partial charge in [-0.05, 0) is 54.9 Å². The summed E-state index contributed by atoms with van der Waals surface area (Å²) in [6, 6.07) is 20.9. The van der Waals surface area contributed by atoms with Crippen LogP contribution in [0.1, 0.15) is 37.1 Å². The number of benzene rings is 3. The van der Waals surface area contributed by atoms with Gasteiger partial charge in [-0.1, -0.05) is 54.6 Å². The molecule has 3 aromatic carbocycles. The number of carbonyl (C=O) groups excluding carboxylic acids is 1. The molecule has 0 spiro atoms. The van der Waals surface area contributed by atoms with Gasteiger partial charge in [-0.15, -0.1) is 0 Å². The average Bonchev–Trinajstić information content (AvgIpc) is 2.72. The SMILES string of the molecule is C[C@@H](NC(=O)CN(C)[C@@H](C)c1ccc(S(C)(=O)=O)cc1)c1cccc2ccccc12. The van der Waals surface area contributed by atoms with Crippen molar-refractivity contribution in [3.05, 3.63) is 77.9 Å². The van der Waals surface area contributed by atoms with E-state index >= 15 is 0 Å². The van der Waals surface area contributed by atoms with Crippen molar-refractivity contribution in [1.82, 2.24) is 10.2 Å². The fourth-order valence-corrected chi connectivity index (χ4v) is 4.23. The molecule has 0 aliphatic carbocycles. The van der Waals surface area contributed by atoms with Crippen molar-refractivity contribution in [2.24, 2.45) is 0 Å². The number of hydrogen-bond acceptors (Lipinski definition) is 4. The zero-order valence-electron chi connectivity index (χ0n) is 17.8. The van der Waals surface area contributed by atoms with E-state index < -0.39 is 9.84 Å². The van der Waals surface area contributed by atoms with Crippen LogP contribution in [-0.4, -0.2) is 39.1 Å². The van der Waals surface area contributed by atoms with Crippen LogP contribution in [0.15, 0.2) is 71.6 Å². The number of fused-ring (bicyclic) bond motifs is 1. The number of nitrogens with zero attached hydrogens (tertiary/aromatic N) is 1. The zero-order valence-corrected chi connectivity index (χ0v) is 18.6. The van der Waals surface area contributed by atoms with Gasteiger partial charge in [0.15, 0.2) is 9.84 Å². The lowest BCUT2D eigenvalue weighted by atomic mass is 9.99. The standard InChI is InChI=1S/C24H28N2O3S/c1-17(22-11-7-9-20-8-5-6-10-23(20)22)25-24(27)16-26(3)18(2)19-12-14-21(15-13-19)30(4,28)29/h5-15,17-18H,16H2,1-4H3,(H,25,27)/t17-,18+/m1/s1. The van der Waals surface area contributed by atoms with Crippen LogP contribution < -0.4 is 5.32 Å². The first-order valence-electron chi connectivity index (χ1n) is 9.94. The van der Waals surface area contributed by atoms with Crippen LogP contribution in [0.25, 0.3) is 10.8 Å². The largest absolute Gasteiger partial charge is 0.348 e. The minimum absolute atomic E-state index is 0.0304. The molecule has 0 heterocycles. The van der Waals surface area contributed by atoms with Gasteiger partial charge in [-0.25, -0.2) is 8.42 Å². The first-order valence-corrected chi connectivity index (χ1v) is 11.8. The maximum Gasteiger partial charge on any atom is 0.234 e. The Hall–Kier alpha value is -2.70. The summed E-state index contributed by atoms with van der Waals surface area (Å²) in [7, 11) is -1.33. The van der Waals surface area contributed by atoms with Gasteiger partial charge in [0.05, 0.1) is 17.5 Å². The summed E-state index contributed by atoms with van der Waals surface area (Å²) in [6.07, 6.45) is 1.19. The predicted molar refractivity (Wildman–Crippen MR) is 121 cm³/mol. The number of rotatable bonds is 7. The quantitative estimate of drug-likeness (QED) is 0.620. The second kappa shape index (κ2) is 8.98. The number of amides is 1. The average molecular weight is 425 g/mol. The van der Waals surface area contributed by atoms with Crippen molar-refractivity contribution < 1.29 is 13.2 Å². The number of nitrogens with one attached hydrogen (secondary N) is 1. The molecule has 5 nitrogen and oxygen atoms in total. The van der Waals surface area contributed by atoms with Gasteiger partial charge < -0.3 is 5.32 Å². The van der Waals surface area contributed by atoms with E-state index in [1.165, 1.54) is 6.26 Å². The molecule has 1 N–H and O–H groups in total. The molecule has 6 heteroatoms. The summed E-state index contributed by atoms with van der Waals surface area (Å²) in [5.41, 5.74) is 2.05. The summed E-state index contributed by atoms with van der Waals surface area (Å²) in [5, 5.41) is 5.39. The summed E-state index contributed by atoms with van der Waals surface area (Å²) in [6.45, 7) is 4.23. The Labute approximate surface area is 178 Å². The Morgan fingerprint density at radius 1 is 0.967 bits per heavy atom. The van der Waals surface area contributed by atoms with Crippen molar-refractivity contribution in [1.29, 1.82) is 0 Å². The van der Waals surface area contributed by atoms with Crippen molar-refractivity contribution in [3.63, 3.8) is 0 Å². The van der Waals surface area contributed by atoms with Crippen LogP contribution in [0.4, 0.5) is 0 Å². The monoisotopic (exact) mass is 424 g/mol. The molecule has 0 aliphatic rings. The van der Waals surface area contributed by atoms with E-state index in [0.717, 1.165) is 21.9 Å². The van der Waals surface area contributed by atoms with Gasteiger partial charge in [0.25, 0.3) is 0 Å². The molecule has 0 saturated carbocycles. The van der Waals surface area contributed by atoms with Gasteiger partial charge in [0.2, 0.25) is 5.91 Å². The Kier molecular flexibility index (Phi) is 6.58. The third-order valence-corrected chi connectivity index (χ3v) is 6.64. The maximum absolute atomic E-state index is 12.7. The minimum atomic E-state index is -3.22. The van der Waals surface area contributed by atoms with Gasteiger partial charge in [0.1, 0.15) is 0 Å². The number of sulfone groups is 1. The van der Waals surface area contributed by atoms with Crippen LogP contribution in [-0.2, 0) is 14.6 Å². The van der Waals surface area contributed by atoms with E-state index in [-0.39, 0.29) is 24.5 Å². The predicted octanol–water partition coefficient (Wildman–Crippen LogP) is 4.11. The second-order valence-corrected chi connectivity index (χ2v) is 9.81. The number of hydrogen-bond donors (Lipinski definition) is 1. The van der Waals surface area contributed by atoms with E-state index in [1.807, 2.05) is 50.1 Å². The van der Waals surface area contributed by atoms with Crippen LogP contribution >= 0.6 is 0 Å². The fraction of sp³-hybridized carbons (Fsp3) is 0.292. The molecule has 2 atom stereocenters. The fourth-order valence-electron chi connectivity index (χ4n) is 3.60. The first kappa shape index (κ1) is 22.0. The molecule has 0 aromatic heterocycles. The smallest absolute Gasteiger partial charge is 0.234 e. The summed E-state index contributed by atoms with van der Waals surface area (Å²) >= 11 is 0. The molecular formula is C24H28N2O3S. The lowest BCUT2D eigenvalue weighted by molar-refractivity contribution is -0.123. The molecule has 0 fully saturated rings. The molecule has 30 heavy (non-hydrogen) atoms. The van der Waals surface area contributed by atoms with Gasteiger partial charge in [0, 0.05) is 12.3 Å². The van der Waals surface area contributed by atoms with E-state index in [2.05, 4.69) is 23.5 Å². The molecule has 0 aliphatic heterocycles. The van der Waals surface area contributed by atoms with E-state index in [4.69, 9.17) is 0 Å². The lowest BCUT2D eigenvalue weighted by Gasteiger charge is -2.26. The summed E-state index contributed by atoms with van der Waals surface area (Å²) in [4.78, 5) is 14.9. The van der Waals surface area contributed by atoms with Crippen molar-refractivity contribution >= 4 is 26.5 Å². The minimum Gasteiger partial charge on any atom is -0.348 e. The molecule has 3 aromatic rings. The normalized spacial score (nSPS) is 13.9. The van der Waals surface area contributed by atoms with Crippen molar-refractivity contribution in [2.75, 3.05) is 19.8 Å². The third kappa shape index (κ3) is 5.07. The zero-order chi connectivity index (χ0) is 21.9. The lowest BCUT2D eigenvalue weighted by Crippen LogP contribution is -2.37. The Bertz CT molecular complexity index is 1140. The molecule has 3 rings (SSSR count). The van der Waals surface area contributed by atoms with Crippen LogP contribution in [0, 0.1) is 0 Å². The summed E-state index contributed by atoms with van der Waals surface area (Å²) in [5.74, 6) is -0.0578. The third-order valence-electron chi connectivity index (χ3n) is 5.51. The number of likely N-dealkylation sites (N-methyl/N-ethyl adjacent to an activating group) is 1. The van der Waals surface area contributed by atoms with Gasteiger partial charge in [-0.3, -0.25) is 9.69 Å². The number of carbonyl (C=O) groups is 1. The highest BCUT2D eigenvalue weighted by Gasteiger charge is 2.18. The molecular weight excluding hydrogens is 396 g/mol. The molecule has 0 radical (unpaired) electrons. The Morgan fingerprint density at radius 3 is 2.27 bits per heavy atom. The topological polar surface area (TPSA) is 66.5 Å². The first-order chi connectivity index (χ1) is 14.2. The van der Waals surface area contributed by atoms with E-state index in [9.17, 15) is 13.2 Å². The highest BCUT2D eigenvalue weighted by atomic mass is 32.2. The Balaban J connectivity index is 1.65. The van der Waals surface area contributed by atoms with Crippen LogP contribution in [0.5, 0.6) is 0 Å². The second-order valence-electron chi connectivity index (χ2n) is 7.79. The van der Waals surface area contributed by atoms with E-state index in [1.54, 1.807) is 24.3 Å². The van der Waals surface area contributed by atoms with Crippen LogP contribution in [0.2, 0.25) is 0 Å². The molecule has 1 amide bonds.